The first-order valence-electron chi connectivity index (χ1n) is 9.75. The van der Waals surface area contributed by atoms with Gasteiger partial charge in [-0.3, -0.25) is 4.79 Å². The number of hydrogen-bond donors (Lipinski definition) is 1. The first kappa shape index (κ1) is 19.6. The molecule has 0 radical (unpaired) electrons. The van der Waals surface area contributed by atoms with Gasteiger partial charge >= 0.3 is 0 Å². The minimum absolute atomic E-state index is 0.000488. The van der Waals surface area contributed by atoms with E-state index in [2.05, 4.69) is 15.5 Å². The molecule has 29 heavy (non-hydrogen) atoms. The van der Waals surface area contributed by atoms with Crippen molar-refractivity contribution in [3.8, 4) is 10.7 Å². The van der Waals surface area contributed by atoms with E-state index >= 15 is 0 Å². The van der Waals surface area contributed by atoms with Gasteiger partial charge in [-0.15, -0.1) is 11.3 Å². The average Bonchev–Trinajstić information content (AvgIpc) is 3.40. The van der Waals surface area contributed by atoms with Gasteiger partial charge in [0.2, 0.25) is 17.6 Å². The summed E-state index contributed by atoms with van der Waals surface area (Å²) in [5.41, 5.74) is 1.63. The van der Waals surface area contributed by atoms with E-state index in [1.807, 2.05) is 35.4 Å². The van der Waals surface area contributed by atoms with Gasteiger partial charge in [0.25, 0.3) is 0 Å². The van der Waals surface area contributed by atoms with Crippen molar-refractivity contribution in [1.29, 1.82) is 0 Å². The Balaban J connectivity index is 1.30. The van der Waals surface area contributed by atoms with E-state index in [0.29, 0.717) is 30.4 Å². The number of aromatic nitrogens is 2. The summed E-state index contributed by atoms with van der Waals surface area (Å²) in [6, 6.07) is 8.99. The van der Waals surface area contributed by atoms with Gasteiger partial charge in [0.05, 0.1) is 10.6 Å². The van der Waals surface area contributed by atoms with E-state index in [4.69, 9.17) is 4.52 Å². The number of benzene rings is 1. The fourth-order valence-corrected chi connectivity index (χ4v) is 4.21. The summed E-state index contributed by atoms with van der Waals surface area (Å²) in [4.78, 5) is 19.7. The van der Waals surface area contributed by atoms with Crippen LogP contribution in [0, 0.1) is 12.7 Å². The van der Waals surface area contributed by atoms with Crippen LogP contribution in [-0.4, -0.2) is 35.2 Å². The molecular formula is C21H23FN4O2S. The molecule has 1 aromatic carbocycles. The number of thiophene rings is 1. The third kappa shape index (κ3) is 4.82. The molecule has 0 bridgehead atoms. The highest BCUT2D eigenvalue weighted by Crippen LogP contribution is 2.25. The Morgan fingerprint density at radius 1 is 1.41 bits per heavy atom. The van der Waals surface area contributed by atoms with E-state index in [1.54, 1.807) is 17.4 Å². The number of hydrogen-bond acceptors (Lipinski definition) is 6. The van der Waals surface area contributed by atoms with Crippen molar-refractivity contribution < 1.29 is 13.7 Å². The number of rotatable bonds is 6. The Hall–Kier alpha value is -2.74. The first-order chi connectivity index (χ1) is 14.1. The Bertz CT molecular complexity index is 973. The Morgan fingerprint density at radius 3 is 3.14 bits per heavy atom. The van der Waals surface area contributed by atoms with Crippen LogP contribution in [0.4, 0.5) is 10.1 Å². The topological polar surface area (TPSA) is 71.3 Å². The number of aryl methyl sites for hydroxylation is 2. The van der Waals surface area contributed by atoms with Crippen molar-refractivity contribution in [1.82, 2.24) is 15.5 Å². The van der Waals surface area contributed by atoms with Crippen molar-refractivity contribution in [2.45, 2.75) is 38.6 Å². The smallest absolute Gasteiger partial charge is 0.227 e. The van der Waals surface area contributed by atoms with Gasteiger partial charge in [-0.1, -0.05) is 17.3 Å². The standard InChI is InChI=1S/C21H23FN4O2S/c1-14-6-7-16(22)17(12-14)26-10-2-4-15(13-26)23-19(27)8-9-20-24-21(25-28-20)18-5-3-11-29-18/h3,5-7,11-12,15H,2,4,8-10,13H2,1H3,(H,23,27). The van der Waals surface area contributed by atoms with Crippen molar-refractivity contribution in [2.75, 3.05) is 18.0 Å². The van der Waals surface area contributed by atoms with Gasteiger partial charge in [0.1, 0.15) is 5.82 Å². The second-order valence-corrected chi connectivity index (χ2v) is 8.24. The minimum Gasteiger partial charge on any atom is -0.367 e. The zero-order chi connectivity index (χ0) is 20.2. The van der Waals surface area contributed by atoms with E-state index in [9.17, 15) is 9.18 Å². The van der Waals surface area contributed by atoms with E-state index in [-0.39, 0.29) is 24.2 Å². The molecule has 0 aliphatic carbocycles. The van der Waals surface area contributed by atoms with Gasteiger partial charge in [-0.05, 0) is 48.9 Å². The summed E-state index contributed by atoms with van der Waals surface area (Å²) < 4.78 is 19.4. The number of carbonyl (C=O) groups excluding carboxylic acids is 1. The summed E-state index contributed by atoms with van der Waals surface area (Å²) in [5.74, 6) is 0.729. The lowest BCUT2D eigenvalue weighted by Crippen LogP contribution is -2.48. The van der Waals surface area contributed by atoms with Crippen molar-refractivity contribution in [3.63, 3.8) is 0 Å². The number of nitrogens with one attached hydrogen (secondary N) is 1. The summed E-state index contributed by atoms with van der Waals surface area (Å²) in [6.07, 6.45) is 2.47. The van der Waals surface area contributed by atoms with Crippen molar-refractivity contribution >= 4 is 22.9 Å². The number of carbonyl (C=O) groups is 1. The summed E-state index contributed by atoms with van der Waals surface area (Å²) >= 11 is 1.54. The molecule has 3 heterocycles. The molecule has 152 valence electrons. The van der Waals surface area contributed by atoms with Gasteiger partial charge in [0.15, 0.2) is 0 Å². The van der Waals surface area contributed by atoms with Gasteiger partial charge in [-0.25, -0.2) is 4.39 Å². The highest BCUT2D eigenvalue weighted by molar-refractivity contribution is 7.13. The van der Waals surface area contributed by atoms with Gasteiger partial charge in [-0.2, -0.15) is 4.98 Å². The van der Waals surface area contributed by atoms with E-state index in [0.717, 1.165) is 29.8 Å². The summed E-state index contributed by atoms with van der Waals surface area (Å²) in [7, 11) is 0. The van der Waals surface area contributed by atoms with E-state index in [1.165, 1.54) is 6.07 Å². The SMILES string of the molecule is Cc1ccc(F)c(N2CCCC(NC(=O)CCc3nc(-c4cccs4)no3)C2)c1. The van der Waals surface area contributed by atoms with Crippen molar-refractivity contribution in [2.24, 2.45) is 0 Å². The Kier molecular flexibility index (Phi) is 5.89. The van der Waals surface area contributed by atoms with Crippen LogP contribution in [-0.2, 0) is 11.2 Å². The molecule has 1 N–H and O–H groups in total. The van der Waals surface area contributed by atoms with Gasteiger partial charge in [0, 0.05) is 32.0 Å². The summed E-state index contributed by atoms with van der Waals surface area (Å²) in [6.45, 7) is 3.35. The quantitative estimate of drug-likeness (QED) is 0.661. The number of piperidine rings is 1. The molecule has 6 nitrogen and oxygen atoms in total. The monoisotopic (exact) mass is 414 g/mol. The van der Waals surface area contributed by atoms with Crippen LogP contribution in [0.3, 0.4) is 0 Å². The maximum absolute atomic E-state index is 14.2. The Labute approximate surface area is 172 Å². The van der Waals surface area contributed by atoms with Crippen LogP contribution >= 0.6 is 11.3 Å². The molecule has 1 fully saturated rings. The number of nitrogens with zero attached hydrogens (tertiary/aromatic N) is 3. The minimum atomic E-state index is -0.222. The second kappa shape index (κ2) is 8.73. The maximum atomic E-state index is 14.2. The molecular weight excluding hydrogens is 391 g/mol. The second-order valence-electron chi connectivity index (χ2n) is 7.30. The van der Waals surface area contributed by atoms with Crippen LogP contribution in [0.1, 0.15) is 30.7 Å². The predicted molar refractivity (Wildman–Crippen MR) is 110 cm³/mol. The molecule has 1 aliphatic rings. The number of halogens is 1. The molecule has 1 unspecified atom stereocenters. The molecule has 3 aromatic rings. The van der Waals surface area contributed by atoms with Crippen LogP contribution in [0.15, 0.2) is 40.2 Å². The highest BCUT2D eigenvalue weighted by atomic mass is 32.1. The average molecular weight is 415 g/mol. The van der Waals surface area contributed by atoms with Gasteiger partial charge < -0.3 is 14.7 Å². The lowest BCUT2D eigenvalue weighted by atomic mass is 10.0. The number of amides is 1. The Morgan fingerprint density at radius 2 is 2.31 bits per heavy atom. The molecule has 0 spiro atoms. The molecule has 0 saturated carbocycles. The van der Waals surface area contributed by atoms with Crippen molar-refractivity contribution in [3.05, 3.63) is 53.0 Å². The zero-order valence-corrected chi connectivity index (χ0v) is 17.0. The summed E-state index contributed by atoms with van der Waals surface area (Å²) in [5, 5.41) is 8.98. The number of anilines is 1. The predicted octanol–water partition coefficient (Wildman–Crippen LogP) is 3.96. The highest BCUT2D eigenvalue weighted by Gasteiger charge is 2.23. The molecule has 1 atom stereocenters. The molecule has 8 heteroatoms. The van der Waals surface area contributed by atoms with Crippen LogP contribution in [0.25, 0.3) is 10.7 Å². The fourth-order valence-electron chi connectivity index (χ4n) is 3.56. The largest absolute Gasteiger partial charge is 0.367 e. The maximum Gasteiger partial charge on any atom is 0.227 e. The molecule has 1 saturated heterocycles. The lowest BCUT2D eigenvalue weighted by Gasteiger charge is -2.35. The first-order valence-corrected chi connectivity index (χ1v) is 10.6. The molecule has 1 aliphatic heterocycles. The fraction of sp³-hybridized carbons (Fsp3) is 0.381. The third-order valence-corrected chi connectivity index (χ3v) is 5.87. The van der Waals surface area contributed by atoms with Crippen LogP contribution in [0.5, 0.6) is 0 Å². The zero-order valence-electron chi connectivity index (χ0n) is 16.2. The van der Waals surface area contributed by atoms with Crippen LogP contribution < -0.4 is 10.2 Å². The molecule has 4 rings (SSSR count). The third-order valence-electron chi connectivity index (χ3n) is 5.00. The lowest BCUT2D eigenvalue weighted by molar-refractivity contribution is -0.121. The molecule has 1 amide bonds. The van der Waals surface area contributed by atoms with Crippen LogP contribution in [0.2, 0.25) is 0 Å². The normalized spacial score (nSPS) is 16.8. The van der Waals surface area contributed by atoms with E-state index < -0.39 is 0 Å². The molecule has 2 aromatic heterocycles.